The first-order valence-corrected chi connectivity index (χ1v) is 10.8. The average molecular weight is 377 g/mol. The second kappa shape index (κ2) is 7.21. The lowest BCUT2D eigenvalue weighted by Gasteiger charge is -2.32. The van der Waals surface area contributed by atoms with E-state index in [-0.39, 0.29) is 5.91 Å². The predicted octanol–water partition coefficient (Wildman–Crippen LogP) is 2.68. The van der Waals surface area contributed by atoms with Crippen LogP contribution in [0.15, 0.2) is 11.4 Å². The minimum Gasteiger partial charge on any atom is -0.339 e. The van der Waals surface area contributed by atoms with Crippen molar-refractivity contribution in [1.29, 1.82) is 0 Å². The fourth-order valence-electron chi connectivity index (χ4n) is 3.63. The summed E-state index contributed by atoms with van der Waals surface area (Å²) in [7, 11) is 2.11. The zero-order valence-corrected chi connectivity index (χ0v) is 16.5. The summed E-state index contributed by atoms with van der Waals surface area (Å²) >= 11 is 3.40. The largest absolute Gasteiger partial charge is 0.339 e. The molecule has 1 unspecified atom stereocenters. The van der Waals surface area contributed by atoms with Gasteiger partial charge in [0.15, 0.2) is 0 Å². The Morgan fingerprint density at radius 1 is 1.32 bits per heavy atom. The molecule has 1 amide bonds. The molecule has 3 heterocycles. The number of nitrogens with zero attached hydrogens (tertiary/aromatic N) is 4. The molecule has 1 aliphatic carbocycles. The molecule has 0 saturated carbocycles. The molecule has 0 radical (unpaired) electrons. The number of rotatable bonds is 3. The molecule has 0 aromatic carbocycles. The van der Waals surface area contributed by atoms with Crippen LogP contribution in [-0.4, -0.2) is 64.7 Å². The lowest BCUT2D eigenvalue weighted by Crippen LogP contribution is -2.47. The number of piperazine rings is 1. The molecule has 1 aliphatic heterocycles. The van der Waals surface area contributed by atoms with Gasteiger partial charge in [0.05, 0.1) is 5.75 Å². The molecule has 0 spiro atoms. The number of carbonyl (C=O) groups is 1. The maximum atomic E-state index is 12.5. The monoisotopic (exact) mass is 376 g/mol. The summed E-state index contributed by atoms with van der Waals surface area (Å²) < 4.78 is 0. The maximum Gasteiger partial charge on any atom is 0.233 e. The summed E-state index contributed by atoms with van der Waals surface area (Å²) in [6.07, 6.45) is 5.15. The molecular weight excluding hydrogens is 352 g/mol. The van der Waals surface area contributed by atoms with E-state index in [0.29, 0.717) is 5.75 Å². The third-order valence-corrected chi connectivity index (χ3v) is 7.38. The van der Waals surface area contributed by atoms with Gasteiger partial charge in [-0.05, 0) is 37.8 Å². The Kier molecular flexibility index (Phi) is 4.97. The van der Waals surface area contributed by atoms with Crippen LogP contribution in [0.5, 0.6) is 0 Å². The average Bonchev–Trinajstić information content (AvgIpc) is 2.98. The molecule has 0 bridgehead atoms. The van der Waals surface area contributed by atoms with Crippen LogP contribution < -0.4 is 0 Å². The first-order valence-electron chi connectivity index (χ1n) is 8.96. The number of aromatic nitrogens is 2. The first kappa shape index (κ1) is 17.2. The lowest BCUT2D eigenvalue weighted by molar-refractivity contribution is -0.129. The first-order chi connectivity index (χ1) is 12.1. The summed E-state index contributed by atoms with van der Waals surface area (Å²) in [5.74, 6) is 1.45. The Bertz CT molecular complexity index is 783. The number of amides is 1. The number of fused-ring (bicyclic) bond motifs is 3. The van der Waals surface area contributed by atoms with Gasteiger partial charge in [0.25, 0.3) is 0 Å². The normalized spacial score (nSPS) is 21.5. The fourth-order valence-corrected chi connectivity index (χ4v) is 5.98. The van der Waals surface area contributed by atoms with Gasteiger partial charge in [-0.1, -0.05) is 18.7 Å². The molecule has 2 aliphatic rings. The molecule has 25 heavy (non-hydrogen) atoms. The molecule has 4 rings (SSSR count). The molecule has 2 aromatic heterocycles. The van der Waals surface area contributed by atoms with E-state index in [1.807, 2.05) is 16.2 Å². The zero-order valence-electron chi connectivity index (χ0n) is 14.8. The number of carbonyl (C=O) groups excluding carboxylic acids is 1. The van der Waals surface area contributed by atoms with Crippen LogP contribution in [0.3, 0.4) is 0 Å². The van der Waals surface area contributed by atoms with E-state index in [2.05, 4.69) is 28.8 Å². The summed E-state index contributed by atoms with van der Waals surface area (Å²) in [6.45, 7) is 5.92. The molecule has 1 fully saturated rings. The van der Waals surface area contributed by atoms with Crippen LogP contribution in [-0.2, 0) is 17.6 Å². The molecule has 2 aromatic rings. The Balaban J connectivity index is 1.51. The smallest absolute Gasteiger partial charge is 0.233 e. The van der Waals surface area contributed by atoms with Crippen molar-refractivity contribution in [2.45, 2.75) is 31.2 Å². The van der Waals surface area contributed by atoms with Crippen molar-refractivity contribution in [3.05, 3.63) is 16.8 Å². The van der Waals surface area contributed by atoms with Crippen molar-refractivity contribution in [1.82, 2.24) is 19.8 Å². The van der Waals surface area contributed by atoms with E-state index in [4.69, 9.17) is 0 Å². The molecular formula is C18H24N4OS2. The number of hydrogen-bond donors (Lipinski definition) is 0. The van der Waals surface area contributed by atoms with Crippen molar-refractivity contribution >= 4 is 39.2 Å². The molecule has 5 nitrogen and oxygen atoms in total. The van der Waals surface area contributed by atoms with E-state index < -0.39 is 0 Å². The molecule has 7 heteroatoms. The van der Waals surface area contributed by atoms with Crippen LogP contribution in [0.1, 0.15) is 23.8 Å². The Morgan fingerprint density at radius 2 is 2.12 bits per heavy atom. The summed E-state index contributed by atoms with van der Waals surface area (Å²) in [5.41, 5.74) is 1.44. The van der Waals surface area contributed by atoms with Crippen molar-refractivity contribution in [2.75, 3.05) is 39.0 Å². The summed E-state index contributed by atoms with van der Waals surface area (Å²) in [6, 6.07) is 0. The number of thiophene rings is 1. The summed E-state index contributed by atoms with van der Waals surface area (Å²) in [5, 5.41) is 2.20. The van der Waals surface area contributed by atoms with Gasteiger partial charge in [-0.25, -0.2) is 9.97 Å². The van der Waals surface area contributed by atoms with Crippen LogP contribution >= 0.6 is 23.1 Å². The SMILES string of the molecule is CC1CCc2c(sc3ncnc(SCC(=O)N4CCN(C)CC4)c23)C1. The summed E-state index contributed by atoms with van der Waals surface area (Å²) in [4.78, 5) is 28.3. The number of aryl methyl sites for hydroxylation is 1. The number of hydrogen-bond acceptors (Lipinski definition) is 6. The Hall–Kier alpha value is -1.18. The molecule has 1 atom stereocenters. The minimum absolute atomic E-state index is 0.225. The van der Waals surface area contributed by atoms with Crippen molar-refractivity contribution in [3.63, 3.8) is 0 Å². The van der Waals surface area contributed by atoms with Gasteiger partial charge in [0, 0.05) is 36.4 Å². The Labute approximate surface area is 156 Å². The second-order valence-electron chi connectivity index (χ2n) is 7.18. The predicted molar refractivity (Wildman–Crippen MR) is 103 cm³/mol. The van der Waals surface area contributed by atoms with E-state index in [9.17, 15) is 4.79 Å². The van der Waals surface area contributed by atoms with E-state index in [1.54, 1.807) is 18.1 Å². The highest BCUT2D eigenvalue weighted by Crippen LogP contribution is 2.40. The van der Waals surface area contributed by atoms with Crippen molar-refractivity contribution < 1.29 is 4.79 Å². The van der Waals surface area contributed by atoms with Crippen LogP contribution in [0.4, 0.5) is 0 Å². The quantitative estimate of drug-likeness (QED) is 0.609. The maximum absolute atomic E-state index is 12.5. The highest BCUT2D eigenvalue weighted by atomic mass is 32.2. The second-order valence-corrected chi connectivity index (χ2v) is 9.23. The highest BCUT2D eigenvalue weighted by Gasteiger charge is 2.24. The van der Waals surface area contributed by atoms with Crippen LogP contribution in [0.25, 0.3) is 10.2 Å². The van der Waals surface area contributed by atoms with E-state index in [1.165, 1.54) is 22.2 Å². The molecule has 134 valence electrons. The zero-order chi connectivity index (χ0) is 17.4. The Morgan fingerprint density at radius 3 is 2.92 bits per heavy atom. The highest BCUT2D eigenvalue weighted by molar-refractivity contribution is 8.00. The molecule has 0 N–H and O–H groups in total. The van der Waals surface area contributed by atoms with Crippen LogP contribution in [0.2, 0.25) is 0 Å². The van der Waals surface area contributed by atoms with Gasteiger partial charge in [-0.15, -0.1) is 11.3 Å². The van der Waals surface area contributed by atoms with E-state index in [0.717, 1.165) is 54.8 Å². The lowest BCUT2D eigenvalue weighted by atomic mass is 9.89. The number of likely N-dealkylation sites (N-methyl/N-ethyl adjacent to an activating group) is 1. The van der Waals surface area contributed by atoms with Crippen molar-refractivity contribution in [3.8, 4) is 0 Å². The van der Waals surface area contributed by atoms with E-state index >= 15 is 0 Å². The van der Waals surface area contributed by atoms with Gasteiger partial charge < -0.3 is 9.80 Å². The van der Waals surface area contributed by atoms with Gasteiger partial charge in [0.1, 0.15) is 16.2 Å². The fraction of sp³-hybridized carbons (Fsp3) is 0.611. The topological polar surface area (TPSA) is 49.3 Å². The van der Waals surface area contributed by atoms with Gasteiger partial charge in [-0.3, -0.25) is 4.79 Å². The van der Waals surface area contributed by atoms with Crippen LogP contribution in [0, 0.1) is 5.92 Å². The third kappa shape index (κ3) is 3.55. The van der Waals surface area contributed by atoms with Crippen molar-refractivity contribution in [2.24, 2.45) is 5.92 Å². The molecule has 1 saturated heterocycles. The standard InChI is InChI=1S/C18H24N4OS2/c1-12-3-4-13-14(9-12)25-18-16(13)17(19-11-20-18)24-10-15(23)22-7-5-21(2)6-8-22/h11-12H,3-10H2,1-2H3. The van der Waals surface area contributed by atoms with Gasteiger partial charge in [0.2, 0.25) is 5.91 Å². The number of thioether (sulfide) groups is 1. The van der Waals surface area contributed by atoms with Gasteiger partial charge >= 0.3 is 0 Å². The third-order valence-electron chi connectivity index (χ3n) is 5.25. The minimum atomic E-state index is 0.225. The van der Waals surface area contributed by atoms with Gasteiger partial charge in [-0.2, -0.15) is 0 Å².